The molecule has 0 radical (unpaired) electrons. The summed E-state index contributed by atoms with van der Waals surface area (Å²) in [6.45, 7) is 4.30. The minimum Gasteiger partial charge on any atom is -0.380 e. The van der Waals surface area contributed by atoms with Crippen molar-refractivity contribution >= 4 is 0 Å². The van der Waals surface area contributed by atoms with Gasteiger partial charge in [-0.05, 0) is 32.6 Å². The lowest BCUT2D eigenvalue weighted by Gasteiger charge is -2.26. The Balaban J connectivity index is 2.16. The van der Waals surface area contributed by atoms with Crippen molar-refractivity contribution in [3.05, 3.63) is 0 Å². The van der Waals surface area contributed by atoms with Crippen molar-refractivity contribution in [1.29, 1.82) is 0 Å². The predicted octanol–water partition coefficient (Wildman–Crippen LogP) is 0.814. The molecule has 0 aliphatic carbocycles. The van der Waals surface area contributed by atoms with E-state index in [1.165, 1.54) is 12.8 Å². The second kappa shape index (κ2) is 7.17. The van der Waals surface area contributed by atoms with Gasteiger partial charge in [0.05, 0.1) is 12.7 Å². The normalized spacial score (nSPS) is 24.9. The van der Waals surface area contributed by atoms with Crippen LogP contribution in [0, 0.1) is 0 Å². The Kier molecular flexibility index (Phi) is 6.10. The fourth-order valence-electron chi connectivity index (χ4n) is 1.75. The van der Waals surface area contributed by atoms with E-state index in [9.17, 15) is 0 Å². The van der Waals surface area contributed by atoms with Crippen LogP contribution in [0.2, 0.25) is 0 Å². The second-order valence-electron chi connectivity index (χ2n) is 3.75. The standard InChI is InChI=1S/C10H22N2O2/c1-2-13-8-9(12-11)7-10-5-3-4-6-14-10/h9-10,12H,2-8,11H2,1H3. The second-order valence-corrected chi connectivity index (χ2v) is 3.75. The Hall–Kier alpha value is -0.160. The highest BCUT2D eigenvalue weighted by molar-refractivity contribution is 4.72. The number of ether oxygens (including phenoxy) is 2. The van der Waals surface area contributed by atoms with E-state index in [-0.39, 0.29) is 6.04 Å². The smallest absolute Gasteiger partial charge is 0.0633 e. The molecular formula is C10H22N2O2. The molecule has 0 aromatic carbocycles. The molecule has 0 aromatic heterocycles. The van der Waals surface area contributed by atoms with Crippen molar-refractivity contribution in [2.45, 2.75) is 44.8 Å². The van der Waals surface area contributed by atoms with Crippen LogP contribution in [0.1, 0.15) is 32.6 Å². The van der Waals surface area contributed by atoms with Crippen LogP contribution in [0.3, 0.4) is 0 Å². The fourth-order valence-corrected chi connectivity index (χ4v) is 1.75. The summed E-state index contributed by atoms with van der Waals surface area (Å²) in [4.78, 5) is 0. The molecule has 1 aliphatic rings. The molecule has 1 saturated heterocycles. The summed E-state index contributed by atoms with van der Waals surface area (Å²) in [5.41, 5.74) is 2.78. The van der Waals surface area contributed by atoms with E-state index in [1.54, 1.807) is 0 Å². The number of hydrogen-bond donors (Lipinski definition) is 2. The highest BCUT2D eigenvalue weighted by atomic mass is 16.5. The zero-order chi connectivity index (χ0) is 10.2. The van der Waals surface area contributed by atoms with Gasteiger partial charge in [-0.3, -0.25) is 11.3 Å². The quantitative estimate of drug-likeness (QED) is 0.494. The summed E-state index contributed by atoms with van der Waals surface area (Å²) in [7, 11) is 0. The van der Waals surface area contributed by atoms with Crippen LogP contribution in [-0.4, -0.2) is 32.0 Å². The first kappa shape index (κ1) is 11.9. The number of hydrogen-bond acceptors (Lipinski definition) is 4. The molecule has 1 aliphatic heterocycles. The summed E-state index contributed by atoms with van der Waals surface area (Å²) in [5.74, 6) is 5.45. The molecule has 4 nitrogen and oxygen atoms in total. The fraction of sp³-hybridized carbons (Fsp3) is 1.00. The maximum absolute atomic E-state index is 5.64. The maximum atomic E-state index is 5.64. The lowest BCUT2D eigenvalue weighted by Crippen LogP contribution is -2.42. The Morgan fingerprint density at radius 1 is 1.57 bits per heavy atom. The third kappa shape index (κ3) is 4.37. The van der Waals surface area contributed by atoms with Crippen molar-refractivity contribution in [2.75, 3.05) is 19.8 Å². The molecule has 0 amide bonds. The minimum atomic E-state index is 0.220. The average Bonchev–Trinajstić information content (AvgIpc) is 2.25. The molecule has 0 bridgehead atoms. The molecule has 0 saturated carbocycles. The summed E-state index contributed by atoms with van der Waals surface area (Å²) in [5, 5.41) is 0. The molecule has 1 fully saturated rings. The molecule has 84 valence electrons. The van der Waals surface area contributed by atoms with E-state index in [4.69, 9.17) is 15.3 Å². The SMILES string of the molecule is CCOCC(CC1CCCCO1)NN. The highest BCUT2D eigenvalue weighted by Gasteiger charge is 2.18. The summed E-state index contributed by atoms with van der Waals surface area (Å²) in [6, 6.07) is 0.220. The van der Waals surface area contributed by atoms with E-state index in [0.29, 0.717) is 12.7 Å². The van der Waals surface area contributed by atoms with E-state index in [0.717, 1.165) is 26.1 Å². The van der Waals surface area contributed by atoms with Crippen LogP contribution in [0.5, 0.6) is 0 Å². The number of rotatable bonds is 6. The molecule has 2 unspecified atom stereocenters. The molecular weight excluding hydrogens is 180 g/mol. The van der Waals surface area contributed by atoms with Gasteiger partial charge in [-0.2, -0.15) is 0 Å². The Bertz CT molecular complexity index is 138. The van der Waals surface area contributed by atoms with Gasteiger partial charge >= 0.3 is 0 Å². The predicted molar refractivity (Wildman–Crippen MR) is 55.8 cm³/mol. The molecule has 0 spiro atoms. The molecule has 2 atom stereocenters. The van der Waals surface area contributed by atoms with Crippen LogP contribution >= 0.6 is 0 Å². The van der Waals surface area contributed by atoms with Crippen LogP contribution in [0.4, 0.5) is 0 Å². The van der Waals surface area contributed by atoms with Crippen molar-refractivity contribution in [3.8, 4) is 0 Å². The Morgan fingerprint density at radius 2 is 2.43 bits per heavy atom. The van der Waals surface area contributed by atoms with E-state index in [1.807, 2.05) is 6.92 Å². The zero-order valence-corrected chi connectivity index (χ0v) is 9.00. The van der Waals surface area contributed by atoms with Gasteiger partial charge in [0.25, 0.3) is 0 Å². The minimum absolute atomic E-state index is 0.220. The summed E-state index contributed by atoms with van der Waals surface area (Å²) < 4.78 is 11.0. The van der Waals surface area contributed by atoms with Gasteiger partial charge in [-0.25, -0.2) is 0 Å². The third-order valence-corrected chi connectivity index (χ3v) is 2.58. The molecule has 3 N–H and O–H groups in total. The highest BCUT2D eigenvalue weighted by Crippen LogP contribution is 2.16. The van der Waals surface area contributed by atoms with Gasteiger partial charge in [-0.1, -0.05) is 0 Å². The van der Waals surface area contributed by atoms with Crippen molar-refractivity contribution in [3.63, 3.8) is 0 Å². The lowest BCUT2D eigenvalue weighted by molar-refractivity contribution is -0.00286. The van der Waals surface area contributed by atoms with Gasteiger partial charge < -0.3 is 9.47 Å². The first-order valence-corrected chi connectivity index (χ1v) is 5.52. The average molecular weight is 202 g/mol. The van der Waals surface area contributed by atoms with Crippen molar-refractivity contribution in [2.24, 2.45) is 5.84 Å². The number of nitrogens with two attached hydrogens (primary N) is 1. The summed E-state index contributed by atoms with van der Waals surface area (Å²) >= 11 is 0. The van der Waals surface area contributed by atoms with Crippen LogP contribution in [0.25, 0.3) is 0 Å². The molecule has 1 heterocycles. The largest absolute Gasteiger partial charge is 0.380 e. The zero-order valence-electron chi connectivity index (χ0n) is 9.00. The van der Waals surface area contributed by atoms with Gasteiger partial charge in [0.2, 0.25) is 0 Å². The molecule has 14 heavy (non-hydrogen) atoms. The number of nitrogens with one attached hydrogen (secondary N) is 1. The van der Waals surface area contributed by atoms with Gasteiger partial charge in [0.1, 0.15) is 0 Å². The Morgan fingerprint density at radius 3 is 3.00 bits per heavy atom. The Labute approximate surface area is 86.1 Å². The lowest BCUT2D eigenvalue weighted by atomic mass is 10.0. The third-order valence-electron chi connectivity index (χ3n) is 2.58. The molecule has 1 rings (SSSR count). The number of hydrazine groups is 1. The molecule has 0 aromatic rings. The van der Waals surface area contributed by atoms with Crippen LogP contribution in [0.15, 0.2) is 0 Å². The van der Waals surface area contributed by atoms with Crippen molar-refractivity contribution in [1.82, 2.24) is 5.43 Å². The first-order chi connectivity index (χ1) is 6.86. The van der Waals surface area contributed by atoms with Gasteiger partial charge in [0.15, 0.2) is 0 Å². The summed E-state index contributed by atoms with van der Waals surface area (Å²) in [6.07, 6.45) is 4.95. The van der Waals surface area contributed by atoms with Crippen LogP contribution in [-0.2, 0) is 9.47 Å². The van der Waals surface area contributed by atoms with Crippen LogP contribution < -0.4 is 11.3 Å². The van der Waals surface area contributed by atoms with Gasteiger partial charge in [0, 0.05) is 19.3 Å². The van der Waals surface area contributed by atoms with Gasteiger partial charge in [-0.15, -0.1) is 0 Å². The topological polar surface area (TPSA) is 56.5 Å². The van der Waals surface area contributed by atoms with E-state index in [2.05, 4.69) is 5.43 Å². The van der Waals surface area contributed by atoms with E-state index < -0.39 is 0 Å². The van der Waals surface area contributed by atoms with Crippen molar-refractivity contribution < 1.29 is 9.47 Å². The van der Waals surface area contributed by atoms with E-state index >= 15 is 0 Å². The monoisotopic (exact) mass is 202 g/mol. The molecule has 4 heteroatoms. The maximum Gasteiger partial charge on any atom is 0.0633 e. The first-order valence-electron chi connectivity index (χ1n) is 5.52.